The van der Waals surface area contributed by atoms with Crippen LogP contribution in [0.4, 0.5) is 0 Å². The minimum atomic E-state index is -0.526. The zero-order valence-corrected chi connectivity index (χ0v) is 12.9. The molecule has 0 unspecified atom stereocenters. The maximum Gasteiger partial charge on any atom is 0.255 e. The number of hydrogen-bond donors (Lipinski definition) is 1. The fourth-order valence-electron chi connectivity index (χ4n) is 1.97. The lowest BCUT2D eigenvalue weighted by Gasteiger charge is -2.03. The molecule has 2 heterocycles. The fraction of sp³-hybridized carbons (Fsp3) is 0.125. The van der Waals surface area contributed by atoms with Crippen LogP contribution in [-0.4, -0.2) is 32.4 Å². The standard InChI is InChI=1S/C16H15N5O3/c1-21-9-11(8-18-21)2-7-15-19-16(20-24-15)12-3-5-13(6-4-12)23-10-14(17)22/h2-9H,10H2,1H3,(H2,17,22)/b7-2+. The van der Waals surface area contributed by atoms with Gasteiger partial charge in [-0.05, 0) is 30.3 Å². The molecule has 0 atom stereocenters. The van der Waals surface area contributed by atoms with Crippen LogP contribution in [0, 0.1) is 0 Å². The summed E-state index contributed by atoms with van der Waals surface area (Å²) in [4.78, 5) is 15.0. The molecule has 0 saturated heterocycles. The van der Waals surface area contributed by atoms with Crippen LogP contribution in [0.1, 0.15) is 11.5 Å². The first-order valence-electron chi connectivity index (χ1n) is 7.12. The van der Waals surface area contributed by atoms with Gasteiger partial charge in [0.15, 0.2) is 6.61 Å². The zero-order valence-electron chi connectivity index (χ0n) is 12.9. The van der Waals surface area contributed by atoms with Gasteiger partial charge in [0.2, 0.25) is 5.82 Å². The quantitative estimate of drug-likeness (QED) is 0.735. The molecule has 24 heavy (non-hydrogen) atoms. The smallest absolute Gasteiger partial charge is 0.255 e. The molecule has 0 aliphatic rings. The number of carbonyl (C=O) groups excluding carboxylic acids is 1. The molecule has 0 bridgehead atoms. The van der Waals surface area contributed by atoms with Crippen LogP contribution >= 0.6 is 0 Å². The van der Waals surface area contributed by atoms with E-state index < -0.39 is 5.91 Å². The molecule has 0 fully saturated rings. The number of carbonyl (C=O) groups is 1. The number of nitrogens with two attached hydrogens (primary N) is 1. The number of benzene rings is 1. The van der Waals surface area contributed by atoms with Crippen molar-refractivity contribution in [3.8, 4) is 17.1 Å². The summed E-state index contributed by atoms with van der Waals surface area (Å²) in [5.41, 5.74) is 6.74. The van der Waals surface area contributed by atoms with Crippen molar-refractivity contribution in [2.24, 2.45) is 12.8 Å². The van der Waals surface area contributed by atoms with Crippen LogP contribution in [-0.2, 0) is 11.8 Å². The topological polar surface area (TPSA) is 109 Å². The maximum atomic E-state index is 10.7. The predicted octanol–water partition coefficient (Wildman–Crippen LogP) is 1.50. The Bertz CT molecular complexity index is 864. The Hall–Kier alpha value is -3.42. The first-order chi connectivity index (χ1) is 11.6. The van der Waals surface area contributed by atoms with Gasteiger partial charge in [0.1, 0.15) is 5.75 Å². The number of primary amides is 1. The molecule has 3 aromatic rings. The van der Waals surface area contributed by atoms with Gasteiger partial charge in [-0.1, -0.05) is 5.16 Å². The molecule has 8 heteroatoms. The van der Waals surface area contributed by atoms with E-state index in [-0.39, 0.29) is 6.61 Å². The number of aryl methyl sites for hydroxylation is 1. The minimum Gasteiger partial charge on any atom is -0.484 e. The Kier molecular flexibility index (Phi) is 4.37. The van der Waals surface area contributed by atoms with E-state index in [0.29, 0.717) is 17.5 Å². The van der Waals surface area contributed by atoms with Crippen molar-refractivity contribution in [2.45, 2.75) is 0 Å². The molecular formula is C16H15N5O3. The highest BCUT2D eigenvalue weighted by Crippen LogP contribution is 2.20. The Balaban J connectivity index is 1.68. The van der Waals surface area contributed by atoms with Crippen molar-refractivity contribution in [3.05, 3.63) is 48.1 Å². The van der Waals surface area contributed by atoms with Crippen molar-refractivity contribution >= 4 is 18.1 Å². The summed E-state index contributed by atoms with van der Waals surface area (Å²) < 4.78 is 12.1. The Morgan fingerprint density at radius 1 is 1.33 bits per heavy atom. The van der Waals surface area contributed by atoms with E-state index in [0.717, 1.165) is 11.1 Å². The molecule has 0 radical (unpaired) electrons. The maximum absolute atomic E-state index is 10.7. The second kappa shape index (κ2) is 6.78. The Morgan fingerprint density at radius 3 is 2.79 bits per heavy atom. The third kappa shape index (κ3) is 3.86. The van der Waals surface area contributed by atoms with Gasteiger partial charge in [0.25, 0.3) is 11.8 Å². The normalized spacial score (nSPS) is 11.0. The molecular weight excluding hydrogens is 310 g/mol. The molecule has 8 nitrogen and oxygen atoms in total. The second-order valence-electron chi connectivity index (χ2n) is 5.02. The fourth-order valence-corrected chi connectivity index (χ4v) is 1.97. The number of nitrogens with zero attached hydrogens (tertiary/aromatic N) is 4. The third-order valence-electron chi connectivity index (χ3n) is 3.08. The summed E-state index contributed by atoms with van der Waals surface area (Å²) in [6.07, 6.45) is 7.17. The van der Waals surface area contributed by atoms with Crippen molar-refractivity contribution in [3.63, 3.8) is 0 Å². The van der Waals surface area contributed by atoms with Crippen LogP contribution in [0.2, 0.25) is 0 Å². The van der Waals surface area contributed by atoms with Crippen LogP contribution < -0.4 is 10.5 Å². The summed E-state index contributed by atoms with van der Waals surface area (Å²) in [6.45, 7) is -0.162. The molecule has 1 aromatic carbocycles. The van der Waals surface area contributed by atoms with Crippen molar-refractivity contribution in [2.75, 3.05) is 6.61 Å². The average Bonchev–Trinajstić information content (AvgIpc) is 3.20. The number of amides is 1. The highest BCUT2D eigenvalue weighted by molar-refractivity contribution is 5.75. The summed E-state index contributed by atoms with van der Waals surface area (Å²) in [5, 5.41) is 8.01. The minimum absolute atomic E-state index is 0.162. The third-order valence-corrected chi connectivity index (χ3v) is 3.08. The number of rotatable bonds is 6. The zero-order chi connectivity index (χ0) is 16.9. The van der Waals surface area contributed by atoms with E-state index in [1.807, 2.05) is 19.3 Å². The van der Waals surface area contributed by atoms with Crippen LogP contribution in [0.3, 0.4) is 0 Å². The number of aromatic nitrogens is 4. The van der Waals surface area contributed by atoms with Crippen molar-refractivity contribution in [1.29, 1.82) is 0 Å². The highest BCUT2D eigenvalue weighted by atomic mass is 16.5. The SMILES string of the molecule is Cn1cc(/C=C/c2nc(-c3ccc(OCC(N)=O)cc3)no2)cn1. The van der Waals surface area contributed by atoms with Crippen molar-refractivity contribution < 1.29 is 14.1 Å². The molecule has 0 aliphatic heterocycles. The van der Waals surface area contributed by atoms with Crippen LogP contribution in [0.15, 0.2) is 41.2 Å². The molecule has 0 saturated carbocycles. The van der Waals surface area contributed by atoms with Gasteiger partial charge in [-0.25, -0.2) is 0 Å². The van der Waals surface area contributed by atoms with Gasteiger partial charge in [0, 0.05) is 30.4 Å². The second-order valence-corrected chi connectivity index (χ2v) is 5.02. The molecule has 3 rings (SSSR count). The summed E-state index contributed by atoms with van der Waals surface area (Å²) in [5.74, 6) is 0.866. The molecule has 1 amide bonds. The largest absolute Gasteiger partial charge is 0.484 e. The first-order valence-corrected chi connectivity index (χ1v) is 7.12. The van der Waals surface area contributed by atoms with Crippen LogP contribution in [0.5, 0.6) is 5.75 Å². The van der Waals surface area contributed by atoms with E-state index in [1.165, 1.54) is 0 Å². The van der Waals surface area contributed by atoms with E-state index in [1.54, 1.807) is 41.2 Å². The number of ether oxygens (including phenoxy) is 1. The van der Waals surface area contributed by atoms with Gasteiger partial charge in [0.05, 0.1) is 6.20 Å². The molecule has 2 aromatic heterocycles. The lowest BCUT2D eigenvalue weighted by atomic mass is 10.2. The first kappa shape index (κ1) is 15.5. The monoisotopic (exact) mass is 325 g/mol. The summed E-state index contributed by atoms with van der Waals surface area (Å²) in [6, 6.07) is 6.96. The van der Waals surface area contributed by atoms with E-state index in [4.69, 9.17) is 15.0 Å². The van der Waals surface area contributed by atoms with Gasteiger partial charge >= 0.3 is 0 Å². The molecule has 0 aliphatic carbocycles. The Labute approximate surface area is 137 Å². The summed E-state index contributed by atoms with van der Waals surface area (Å²) in [7, 11) is 1.85. The summed E-state index contributed by atoms with van der Waals surface area (Å²) >= 11 is 0. The molecule has 122 valence electrons. The lowest BCUT2D eigenvalue weighted by molar-refractivity contribution is -0.119. The van der Waals surface area contributed by atoms with E-state index in [2.05, 4.69) is 15.2 Å². The lowest BCUT2D eigenvalue weighted by Crippen LogP contribution is -2.19. The van der Waals surface area contributed by atoms with Crippen molar-refractivity contribution in [1.82, 2.24) is 19.9 Å². The van der Waals surface area contributed by atoms with Gasteiger partial charge < -0.3 is 15.0 Å². The highest BCUT2D eigenvalue weighted by Gasteiger charge is 2.07. The van der Waals surface area contributed by atoms with Gasteiger partial charge in [-0.3, -0.25) is 9.48 Å². The number of hydrogen-bond acceptors (Lipinski definition) is 6. The Morgan fingerprint density at radius 2 is 2.12 bits per heavy atom. The van der Waals surface area contributed by atoms with Gasteiger partial charge in [-0.2, -0.15) is 10.1 Å². The van der Waals surface area contributed by atoms with E-state index >= 15 is 0 Å². The average molecular weight is 325 g/mol. The molecule has 0 spiro atoms. The predicted molar refractivity (Wildman–Crippen MR) is 86.6 cm³/mol. The van der Waals surface area contributed by atoms with E-state index in [9.17, 15) is 4.79 Å². The van der Waals surface area contributed by atoms with Crippen LogP contribution in [0.25, 0.3) is 23.5 Å². The molecule has 2 N–H and O–H groups in total. The van der Waals surface area contributed by atoms with Gasteiger partial charge in [-0.15, -0.1) is 0 Å².